The Morgan fingerprint density at radius 3 is 2.64 bits per heavy atom. The first-order chi connectivity index (χ1) is 16.0. The first kappa shape index (κ1) is 22.7. The first-order valence-corrected chi connectivity index (χ1v) is 11.8. The van der Waals surface area contributed by atoms with Gasteiger partial charge in [0.25, 0.3) is 5.56 Å². The second-order valence-corrected chi connectivity index (χ2v) is 8.89. The Morgan fingerprint density at radius 1 is 1.12 bits per heavy atom. The van der Waals surface area contributed by atoms with Crippen LogP contribution < -0.4 is 10.3 Å². The smallest absolute Gasteiger partial charge is 0.338 e. The standard InChI is InChI=1S/C26H26N2O4S/c1-4-13-32-26(30)20-8-6-7-18(14-20)15-28-16-27-24-23(25(28)29)22(17(3)33-24)19-9-11-21(12-10-19)31-5-2/h6-12,14,16H,4-5,13,15H2,1-3H3. The number of hydrogen-bond acceptors (Lipinski definition) is 6. The van der Waals surface area contributed by atoms with Crippen molar-refractivity contribution >= 4 is 27.5 Å². The number of aryl methyl sites for hydroxylation is 1. The molecular weight excluding hydrogens is 436 g/mol. The van der Waals surface area contributed by atoms with E-state index < -0.39 is 0 Å². The summed E-state index contributed by atoms with van der Waals surface area (Å²) in [6.45, 7) is 7.21. The Bertz CT molecular complexity index is 1340. The minimum absolute atomic E-state index is 0.104. The molecule has 0 saturated heterocycles. The lowest BCUT2D eigenvalue weighted by Crippen LogP contribution is -2.21. The van der Waals surface area contributed by atoms with Crippen LogP contribution >= 0.6 is 11.3 Å². The molecule has 0 atom stereocenters. The van der Waals surface area contributed by atoms with Gasteiger partial charge in [0, 0.05) is 10.4 Å². The lowest BCUT2D eigenvalue weighted by Gasteiger charge is -2.09. The molecular formula is C26H26N2O4S. The van der Waals surface area contributed by atoms with E-state index in [1.807, 2.05) is 51.1 Å². The van der Waals surface area contributed by atoms with Crippen molar-refractivity contribution in [2.75, 3.05) is 13.2 Å². The minimum Gasteiger partial charge on any atom is -0.494 e. The van der Waals surface area contributed by atoms with Gasteiger partial charge in [0.2, 0.25) is 0 Å². The third-order valence-corrected chi connectivity index (χ3v) is 6.27. The van der Waals surface area contributed by atoms with E-state index in [1.165, 1.54) is 11.3 Å². The van der Waals surface area contributed by atoms with Gasteiger partial charge in [-0.15, -0.1) is 11.3 Å². The quantitative estimate of drug-likeness (QED) is 0.326. The highest BCUT2D eigenvalue weighted by Gasteiger charge is 2.17. The number of ether oxygens (including phenoxy) is 2. The Labute approximate surface area is 196 Å². The summed E-state index contributed by atoms with van der Waals surface area (Å²) in [7, 11) is 0. The van der Waals surface area contributed by atoms with Crippen LogP contribution in [0.1, 0.15) is 41.1 Å². The van der Waals surface area contributed by atoms with Crippen molar-refractivity contribution in [2.24, 2.45) is 0 Å². The number of thiophene rings is 1. The molecule has 0 unspecified atom stereocenters. The summed E-state index contributed by atoms with van der Waals surface area (Å²) in [5.41, 5.74) is 3.07. The van der Waals surface area contributed by atoms with Crippen molar-refractivity contribution in [3.63, 3.8) is 0 Å². The second-order valence-electron chi connectivity index (χ2n) is 7.68. The summed E-state index contributed by atoms with van der Waals surface area (Å²) in [6, 6.07) is 15.0. The normalized spacial score (nSPS) is 11.0. The van der Waals surface area contributed by atoms with Crippen LogP contribution in [0.4, 0.5) is 0 Å². The molecule has 4 rings (SSSR count). The number of nitrogens with zero attached hydrogens (tertiary/aromatic N) is 2. The number of aromatic nitrogens is 2. The number of benzene rings is 2. The molecule has 7 heteroatoms. The molecule has 0 bridgehead atoms. The monoisotopic (exact) mass is 462 g/mol. The van der Waals surface area contributed by atoms with E-state index in [9.17, 15) is 9.59 Å². The number of fused-ring (bicyclic) bond motifs is 1. The summed E-state index contributed by atoms with van der Waals surface area (Å²) in [4.78, 5) is 32.0. The molecule has 0 radical (unpaired) electrons. The zero-order valence-corrected chi connectivity index (χ0v) is 19.8. The van der Waals surface area contributed by atoms with Gasteiger partial charge in [0.15, 0.2) is 0 Å². The van der Waals surface area contributed by atoms with Crippen LogP contribution in [0.3, 0.4) is 0 Å². The summed E-state index contributed by atoms with van der Waals surface area (Å²) in [5.74, 6) is 0.442. The van der Waals surface area contributed by atoms with Crippen molar-refractivity contribution in [3.05, 3.63) is 81.2 Å². The molecule has 0 spiro atoms. The fourth-order valence-corrected chi connectivity index (χ4v) is 4.76. The molecule has 0 amide bonds. The Hall–Kier alpha value is -3.45. The van der Waals surface area contributed by atoms with Gasteiger partial charge in [-0.05, 0) is 55.7 Å². The van der Waals surface area contributed by atoms with Gasteiger partial charge in [-0.1, -0.05) is 31.2 Å². The van der Waals surface area contributed by atoms with Crippen molar-refractivity contribution in [1.82, 2.24) is 9.55 Å². The number of carbonyl (C=O) groups excluding carboxylic acids is 1. The highest BCUT2D eigenvalue weighted by molar-refractivity contribution is 7.19. The zero-order chi connectivity index (χ0) is 23.4. The molecule has 0 aliphatic heterocycles. The van der Waals surface area contributed by atoms with E-state index in [4.69, 9.17) is 9.47 Å². The van der Waals surface area contributed by atoms with Crippen molar-refractivity contribution in [1.29, 1.82) is 0 Å². The molecule has 0 aliphatic carbocycles. The van der Waals surface area contributed by atoms with Gasteiger partial charge in [-0.3, -0.25) is 9.36 Å². The third-order valence-electron chi connectivity index (χ3n) is 5.26. The van der Waals surface area contributed by atoms with Crippen LogP contribution in [0, 0.1) is 6.92 Å². The predicted molar refractivity (Wildman–Crippen MR) is 131 cm³/mol. The van der Waals surface area contributed by atoms with Crippen LogP contribution in [-0.2, 0) is 11.3 Å². The Morgan fingerprint density at radius 2 is 1.91 bits per heavy atom. The summed E-state index contributed by atoms with van der Waals surface area (Å²) in [5, 5.41) is 0.614. The summed E-state index contributed by atoms with van der Waals surface area (Å²) < 4.78 is 12.4. The highest BCUT2D eigenvalue weighted by atomic mass is 32.1. The van der Waals surface area contributed by atoms with E-state index >= 15 is 0 Å². The van der Waals surface area contributed by atoms with Gasteiger partial charge in [-0.2, -0.15) is 0 Å². The Kier molecular flexibility index (Phi) is 6.89. The van der Waals surface area contributed by atoms with Crippen molar-refractivity contribution in [3.8, 4) is 16.9 Å². The molecule has 0 aliphatic rings. The summed E-state index contributed by atoms with van der Waals surface area (Å²) >= 11 is 1.51. The first-order valence-electron chi connectivity index (χ1n) is 11.0. The Balaban J connectivity index is 1.70. The fraction of sp³-hybridized carbons (Fsp3) is 0.269. The lowest BCUT2D eigenvalue weighted by atomic mass is 10.0. The summed E-state index contributed by atoms with van der Waals surface area (Å²) in [6.07, 6.45) is 2.34. The molecule has 2 aromatic heterocycles. The van der Waals surface area contributed by atoms with Gasteiger partial charge < -0.3 is 9.47 Å². The van der Waals surface area contributed by atoms with Crippen molar-refractivity contribution < 1.29 is 14.3 Å². The molecule has 4 aromatic rings. The SMILES string of the molecule is CCCOC(=O)c1cccc(Cn2cnc3sc(C)c(-c4ccc(OCC)cc4)c3c2=O)c1. The molecule has 0 saturated carbocycles. The van der Waals surface area contributed by atoms with Crippen LogP contribution in [0.5, 0.6) is 5.75 Å². The third kappa shape index (κ3) is 4.83. The van der Waals surface area contributed by atoms with Crippen LogP contribution in [-0.4, -0.2) is 28.7 Å². The molecule has 33 heavy (non-hydrogen) atoms. The maximum Gasteiger partial charge on any atom is 0.338 e. The van der Waals surface area contributed by atoms with E-state index in [-0.39, 0.29) is 11.5 Å². The van der Waals surface area contributed by atoms with E-state index in [0.717, 1.165) is 38.6 Å². The highest BCUT2D eigenvalue weighted by Crippen LogP contribution is 2.36. The van der Waals surface area contributed by atoms with Gasteiger partial charge >= 0.3 is 5.97 Å². The van der Waals surface area contributed by atoms with Gasteiger partial charge in [0.05, 0.1) is 37.0 Å². The molecule has 0 N–H and O–H groups in total. The van der Waals surface area contributed by atoms with E-state index in [0.29, 0.717) is 30.7 Å². The maximum atomic E-state index is 13.5. The van der Waals surface area contributed by atoms with E-state index in [2.05, 4.69) is 4.98 Å². The number of esters is 1. The van der Waals surface area contributed by atoms with Gasteiger partial charge in [0.1, 0.15) is 10.6 Å². The fourth-order valence-electron chi connectivity index (χ4n) is 3.75. The molecule has 2 aromatic carbocycles. The minimum atomic E-state index is -0.356. The largest absolute Gasteiger partial charge is 0.494 e. The molecule has 0 fully saturated rings. The lowest BCUT2D eigenvalue weighted by molar-refractivity contribution is 0.0505. The van der Waals surface area contributed by atoms with Crippen LogP contribution in [0.25, 0.3) is 21.3 Å². The predicted octanol–water partition coefficient (Wildman–Crippen LogP) is 5.45. The number of carbonyl (C=O) groups is 1. The molecule has 2 heterocycles. The van der Waals surface area contributed by atoms with Crippen molar-refractivity contribution in [2.45, 2.75) is 33.7 Å². The van der Waals surface area contributed by atoms with Crippen LogP contribution in [0.2, 0.25) is 0 Å². The molecule has 170 valence electrons. The zero-order valence-electron chi connectivity index (χ0n) is 19.0. The average molecular weight is 463 g/mol. The topological polar surface area (TPSA) is 70.4 Å². The van der Waals surface area contributed by atoms with Crippen LogP contribution in [0.15, 0.2) is 59.7 Å². The number of hydrogen-bond donors (Lipinski definition) is 0. The maximum absolute atomic E-state index is 13.5. The average Bonchev–Trinajstić information content (AvgIpc) is 3.17. The number of rotatable bonds is 8. The van der Waals surface area contributed by atoms with Gasteiger partial charge in [-0.25, -0.2) is 9.78 Å². The van der Waals surface area contributed by atoms with E-state index in [1.54, 1.807) is 29.1 Å². The molecule has 6 nitrogen and oxygen atoms in total. The second kappa shape index (κ2) is 10.0.